The highest BCUT2D eigenvalue weighted by molar-refractivity contribution is 8.04. The molecular formula is C30H34O5S. The first-order chi connectivity index (χ1) is 17.5. The van der Waals surface area contributed by atoms with E-state index in [1.807, 2.05) is 30.3 Å². The average molecular weight is 507 g/mol. The van der Waals surface area contributed by atoms with E-state index in [2.05, 4.69) is 0 Å². The molecule has 0 saturated heterocycles. The minimum Gasteiger partial charge on any atom is -0.494 e. The summed E-state index contributed by atoms with van der Waals surface area (Å²) in [6.45, 7) is 0.551. The Bertz CT molecular complexity index is 1100. The van der Waals surface area contributed by atoms with E-state index in [1.165, 1.54) is 26.4 Å². The Balaban J connectivity index is 1.48. The lowest BCUT2D eigenvalue weighted by atomic mass is 9.89. The van der Waals surface area contributed by atoms with Crippen molar-refractivity contribution in [1.29, 1.82) is 0 Å². The van der Waals surface area contributed by atoms with Gasteiger partial charge in [0.2, 0.25) is 0 Å². The van der Waals surface area contributed by atoms with Crippen molar-refractivity contribution in [1.82, 2.24) is 0 Å². The van der Waals surface area contributed by atoms with Crippen LogP contribution in [0, 0.1) is 0 Å². The number of methoxy groups -OCH3 is 1. The minimum atomic E-state index is -1.32. The molecule has 6 heteroatoms. The van der Waals surface area contributed by atoms with Gasteiger partial charge in [0.25, 0.3) is 0 Å². The molecule has 0 aliphatic heterocycles. The summed E-state index contributed by atoms with van der Waals surface area (Å²) in [5.41, 5.74) is 0.282. The van der Waals surface area contributed by atoms with Crippen LogP contribution in [-0.2, 0) is 9.53 Å². The maximum Gasteiger partial charge on any atom is 0.337 e. The fourth-order valence-corrected chi connectivity index (χ4v) is 6.15. The summed E-state index contributed by atoms with van der Waals surface area (Å²) in [5, 5.41) is 12.1. The lowest BCUT2D eigenvalue weighted by molar-refractivity contribution is -0.112. The first kappa shape index (κ1) is 26.2. The zero-order valence-electron chi connectivity index (χ0n) is 20.8. The molecule has 0 amide bonds. The second kappa shape index (κ2) is 12.4. The Kier molecular flexibility index (Phi) is 9.05. The molecular weight excluding hydrogens is 472 g/mol. The van der Waals surface area contributed by atoms with E-state index in [9.17, 15) is 14.7 Å². The van der Waals surface area contributed by atoms with Gasteiger partial charge < -0.3 is 14.6 Å². The summed E-state index contributed by atoms with van der Waals surface area (Å²) < 4.78 is 10.6. The van der Waals surface area contributed by atoms with Crippen LogP contribution in [0.15, 0.2) is 71.2 Å². The van der Waals surface area contributed by atoms with Crippen molar-refractivity contribution < 1.29 is 24.2 Å². The van der Waals surface area contributed by atoms with Gasteiger partial charge in [0.15, 0.2) is 5.78 Å². The topological polar surface area (TPSA) is 72.8 Å². The number of para-hydroxylation sites is 1. The molecule has 1 unspecified atom stereocenters. The van der Waals surface area contributed by atoms with Crippen molar-refractivity contribution in [2.45, 2.75) is 62.2 Å². The Labute approximate surface area is 217 Å². The number of hydrogen-bond donors (Lipinski definition) is 1. The number of ketones is 1. The van der Waals surface area contributed by atoms with Crippen molar-refractivity contribution in [2.75, 3.05) is 13.7 Å². The van der Waals surface area contributed by atoms with Gasteiger partial charge in [-0.15, -0.1) is 11.8 Å². The molecule has 5 nitrogen and oxygen atoms in total. The van der Waals surface area contributed by atoms with Gasteiger partial charge in [0.1, 0.15) is 11.4 Å². The second-order valence-electron chi connectivity index (χ2n) is 9.43. The molecule has 2 aliphatic rings. The maximum atomic E-state index is 13.5. The van der Waals surface area contributed by atoms with Crippen LogP contribution in [0.1, 0.15) is 67.3 Å². The third-order valence-electron chi connectivity index (χ3n) is 6.76. The molecule has 2 aliphatic carbocycles. The summed E-state index contributed by atoms with van der Waals surface area (Å²) in [6.07, 6.45) is 11.3. The Morgan fingerprint density at radius 3 is 2.47 bits per heavy atom. The first-order valence-corrected chi connectivity index (χ1v) is 13.6. The van der Waals surface area contributed by atoms with E-state index in [1.54, 1.807) is 48.2 Å². The first-order valence-electron chi connectivity index (χ1n) is 12.7. The van der Waals surface area contributed by atoms with Crippen molar-refractivity contribution in [2.24, 2.45) is 0 Å². The number of esters is 1. The van der Waals surface area contributed by atoms with Crippen molar-refractivity contribution in [3.05, 3.63) is 82.3 Å². The highest BCUT2D eigenvalue weighted by Gasteiger charge is 2.42. The van der Waals surface area contributed by atoms with Gasteiger partial charge in [-0.25, -0.2) is 4.79 Å². The van der Waals surface area contributed by atoms with Gasteiger partial charge in [-0.05, 0) is 74.1 Å². The third kappa shape index (κ3) is 6.68. The number of Topliss-reactive ketones (excluding diaryl/α,β-unsaturated/α-hetero) is 1. The number of hydrogen-bond acceptors (Lipinski definition) is 6. The smallest absolute Gasteiger partial charge is 0.337 e. The van der Waals surface area contributed by atoms with Crippen molar-refractivity contribution in [3.8, 4) is 5.75 Å². The number of carbonyl (C=O) groups excluding carboxylic acids is 2. The average Bonchev–Trinajstić information content (AvgIpc) is 3.14. The number of ether oxygens (including phenoxy) is 2. The Morgan fingerprint density at radius 1 is 1.06 bits per heavy atom. The van der Waals surface area contributed by atoms with Gasteiger partial charge >= 0.3 is 5.97 Å². The van der Waals surface area contributed by atoms with Gasteiger partial charge in [-0.3, -0.25) is 4.79 Å². The van der Waals surface area contributed by atoms with E-state index < -0.39 is 11.6 Å². The summed E-state index contributed by atoms with van der Waals surface area (Å²) in [4.78, 5) is 25.9. The normalized spacial score (nSPS) is 21.4. The second-order valence-corrected chi connectivity index (χ2v) is 10.8. The number of rotatable bonds is 10. The number of aliphatic hydroxyl groups is 1. The SMILES string of the molecule is COC(=O)c1ccc(/C=C2/C(=O)C(SC3CCCCC3)=CC2(O)CCCCOc2ccccc2)cc1. The molecule has 0 spiro atoms. The molecule has 0 radical (unpaired) electrons. The van der Waals surface area contributed by atoms with Crippen molar-refractivity contribution >= 4 is 29.6 Å². The standard InChI is InChI=1S/C30H34O5S/c1-34-29(32)23-16-14-22(15-17-23)20-26-28(31)27(36-25-12-6-3-7-13-25)21-30(26,33)18-8-9-19-35-24-10-4-2-5-11-24/h2,4-5,10-11,14-17,20-21,25,33H,3,6-9,12-13,18-19H2,1H3/b26-20-. The molecule has 1 atom stereocenters. The van der Waals surface area contributed by atoms with Crippen LogP contribution in [0.2, 0.25) is 0 Å². The molecule has 1 saturated carbocycles. The fourth-order valence-electron chi connectivity index (χ4n) is 4.74. The molecule has 1 N–H and O–H groups in total. The van der Waals surface area contributed by atoms with Crippen LogP contribution >= 0.6 is 11.8 Å². The van der Waals surface area contributed by atoms with Gasteiger partial charge in [0.05, 0.1) is 24.2 Å². The van der Waals surface area contributed by atoms with Gasteiger partial charge in [-0.2, -0.15) is 0 Å². The number of thioether (sulfide) groups is 1. The van der Waals surface area contributed by atoms with Gasteiger partial charge in [-0.1, -0.05) is 49.6 Å². The predicted molar refractivity (Wildman–Crippen MR) is 144 cm³/mol. The number of allylic oxidation sites excluding steroid dienone is 1. The Morgan fingerprint density at radius 2 is 1.78 bits per heavy atom. The molecule has 36 heavy (non-hydrogen) atoms. The van der Waals surface area contributed by atoms with Crippen LogP contribution in [0.4, 0.5) is 0 Å². The monoisotopic (exact) mass is 506 g/mol. The largest absolute Gasteiger partial charge is 0.494 e. The number of carbonyl (C=O) groups is 2. The van der Waals surface area contributed by atoms with Crippen LogP contribution in [0.3, 0.4) is 0 Å². The maximum absolute atomic E-state index is 13.5. The summed E-state index contributed by atoms with van der Waals surface area (Å²) >= 11 is 1.63. The van der Waals surface area contributed by atoms with E-state index in [0.717, 1.165) is 30.6 Å². The fraction of sp³-hybridized carbons (Fsp3) is 0.400. The van der Waals surface area contributed by atoms with E-state index in [4.69, 9.17) is 9.47 Å². The summed E-state index contributed by atoms with van der Waals surface area (Å²) in [7, 11) is 1.34. The Hall–Kier alpha value is -2.83. The molecule has 1 fully saturated rings. The van der Waals surface area contributed by atoms with Crippen molar-refractivity contribution in [3.63, 3.8) is 0 Å². The lowest BCUT2D eigenvalue weighted by Crippen LogP contribution is -2.28. The van der Waals surface area contributed by atoms with Crippen LogP contribution in [-0.4, -0.2) is 41.4 Å². The van der Waals surface area contributed by atoms with E-state index in [0.29, 0.717) is 40.7 Å². The number of unbranched alkanes of at least 4 members (excludes halogenated alkanes) is 1. The van der Waals surface area contributed by atoms with Crippen LogP contribution < -0.4 is 4.74 Å². The highest BCUT2D eigenvalue weighted by Crippen LogP contribution is 2.44. The lowest BCUT2D eigenvalue weighted by Gasteiger charge is -2.22. The minimum absolute atomic E-state index is 0.0920. The molecule has 190 valence electrons. The summed E-state index contributed by atoms with van der Waals surface area (Å²) in [5.74, 6) is 0.327. The zero-order chi connectivity index (χ0) is 25.4. The third-order valence-corrected chi connectivity index (χ3v) is 8.12. The molecule has 0 bridgehead atoms. The highest BCUT2D eigenvalue weighted by atomic mass is 32.2. The quantitative estimate of drug-likeness (QED) is 0.229. The predicted octanol–water partition coefficient (Wildman–Crippen LogP) is 6.37. The molecule has 4 rings (SSSR count). The molecule has 2 aromatic rings. The molecule has 0 heterocycles. The van der Waals surface area contributed by atoms with E-state index in [-0.39, 0.29) is 5.78 Å². The molecule has 2 aromatic carbocycles. The molecule has 0 aromatic heterocycles. The van der Waals surface area contributed by atoms with Gasteiger partial charge in [0, 0.05) is 10.8 Å². The van der Waals surface area contributed by atoms with E-state index >= 15 is 0 Å². The summed E-state index contributed by atoms with van der Waals surface area (Å²) in [6, 6.07) is 16.6. The number of benzene rings is 2. The van der Waals surface area contributed by atoms with Crippen LogP contribution in [0.5, 0.6) is 5.75 Å². The zero-order valence-corrected chi connectivity index (χ0v) is 21.6. The van der Waals surface area contributed by atoms with Crippen LogP contribution in [0.25, 0.3) is 6.08 Å².